The maximum atomic E-state index is 12.9. The molecule has 0 aliphatic carbocycles. The molecule has 1 fully saturated rings. The van der Waals surface area contributed by atoms with Gasteiger partial charge in [-0.1, -0.05) is 42.1 Å². The van der Waals surface area contributed by atoms with Crippen LogP contribution >= 0.6 is 11.8 Å². The van der Waals surface area contributed by atoms with Crippen LogP contribution in [-0.2, 0) is 9.59 Å². The smallest absolute Gasteiger partial charge is 0.233 e. The molecule has 33 heavy (non-hydrogen) atoms. The molecule has 3 aromatic rings. The van der Waals surface area contributed by atoms with Crippen molar-refractivity contribution in [2.75, 3.05) is 24.2 Å². The summed E-state index contributed by atoms with van der Waals surface area (Å²) >= 11 is 1.41. The third-order valence-corrected chi connectivity index (χ3v) is 6.90. The number of likely N-dealkylation sites (tertiary alicyclic amines) is 1. The number of carbonyl (C=O) groups excluding carboxylic acids is 2. The minimum absolute atomic E-state index is 0.0276. The maximum Gasteiger partial charge on any atom is 0.233 e. The van der Waals surface area contributed by atoms with Gasteiger partial charge in [-0.2, -0.15) is 0 Å². The molecule has 2 heterocycles. The highest BCUT2D eigenvalue weighted by Gasteiger charge is 2.27. The van der Waals surface area contributed by atoms with E-state index in [0.29, 0.717) is 36.8 Å². The number of aryl methyl sites for hydroxylation is 3. The molecule has 1 N–H and O–H groups in total. The van der Waals surface area contributed by atoms with Gasteiger partial charge in [-0.3, -0.25) is 14.2 Å². The summed E-state index contributed by atoms with van der Waals surface area (Å²) in [6.07, 6.45) is 1.35. The summed E-state index contributed by atoms with van der Waals surface area (Å²) in [5, 5.41) is 12.2. The van der Waals surface area contributed by atoms with E-state index in [4.69, 9.17) is 0 Å². The molecule has 4 rings (SSSR count). The van der Waals surface area contributed by atoms with Crippen molar-refractivity contribution in [3.05, 3.63) is 65.5 Å². The molecule has 2 amide bonds. The number of aromatic nitrogens is 3. The topological polar surface area (TPSA) is 80.1 Å². The molecule has 1 aromatic heterocycles. The van der Waals surface area contributed by atoms with Crippen molar-refractivity contribution in [1.82, 2.24) is 19.7 Å². The number of carbonyl (C=O) groups is 2. The molecule has 1 saturated heterocycles. The first-order valence-electron chi connectivity index (χ1n) is 11.2. The average molecular weight is 464 g/mol. The predicted molar refractivity (Wildman–Crippen MR) is 131 cm³/mol. The summed E-state index contributed by atoms with van der Waals surface area (Å²) in [5.41, 5.74) is 4.14. The van der Waals surface area contributed by atoms with Crippen LogP contribution in [0.5, 0.6) is 0 Å². The molecule has 0 atom stereocenters. The number of nitrogens with zero attached hydrogens (tertiary/aromatic N) is 4. The lowest BCUT2D eigenvalue weighted by molar-refractivity contribution is -0.132. The van der Waals surface area contributed by atoms with E-state index in [2.05, 4.69) is 47.6 Å². The van der Waals surface area contributed by atoms with Crippen molar-refractivity contribution in [3.63, 3.8) is 0 Å². The van der Waals surface area contributed by atoms with Crippen LogP contribution in [-0.4, -0.2) is 50.3 Å². The third kappa shape index (κ3) is 5.45. The third-order valence-electron chi connectivity index (χ3n) is 5.99. The summed E-state index contributed by atoms with van der Waals surface area (Å²) in [6, 6.07) is 15.8. The molecule has 8 heteroatoms. The number of nitrogens with one attached hydrogen (secondary N) is 1. The standard InChI is InChI=1S/C25H29N5O2S/c1-17-9-10-18(2)22(15-17)30-19(3)27-28-25(30)33-16-23(31)29-13-11-20(12-14-29)24(32)26-21-7-5-4-6-8-21/h4-10,15,20H,11-14,16H2,1-3H3,(H,26,32). The molecule has 0 saturated carbocycles. The largest absolute Gasteiger partial charge is 0.342 e. The van der Waals surface area contributed by atoms with Gasteiger partial charge in [-0.15, -0.1) is 10.2 Å². The number of benzene rings is 2. The van der Waals surface area contributed by atoms with Gasteiger partial charge in [-0.05, 0) is 62.9 Å². The maximum absolute atomic E-state index is 12.9. The van der Waals surface area contributed by atoms with Gasteiger partial charge in [0.1, 0.15) is 5.82 Å². The van der Waals surface area contributed by atoms with Crippen molar-refractivity contribution in [1.29, 1.82) is 0 Å². The zero-order valence-corrected chi connectivity index (χ0v) is 20.1. The van der Waals surface area contributed by atoms with Crippen LogP contribution in [0.25, 0.3) is 5.69 Å². The number of hydrogen-bond donors (Lipinski definition) is 1. The molecule has 0 spiro atoms. The van der Waals surface area contributed by atoms with E-state index in [1.165, 1.54) is 11.8 Å². The molecule has 0 bridgehead atoms. The molecule has 7 nitrogen and oxygen atoms in total. The predicted octanol–water partition coefficient (Wildman–Crippen LogP) is 4.16. The van der Waals surface area contributed by atoms with Gasteiger partial charge in [0.2, 0.25) is 11.8 Å². The van der Waals surface area contributed by atoms with Gasteiger partial charge in [0, 0.05) is 24.7 Å². The second-order valence-electron chi connectivity index (χ2n) is 8.45. The van der Waals surface area contributed by atoms with E-state index in [1.807, 2.05) is 46.7 Å². The number of anilines is 1. The van der Waals surface area contributed by atoms with Crippen LogP contribution in [0, 0.1) is 26.7 Å². The van der Waals surface area contributed by atoms with Crippen LogP contribution in [0.1, 0.15) is 29.8 Å². The first kappa shape index (κ1) is 23.0. The van der Waals surface area contributed by atoms with Crippen LogP contribution in [0.4, 0.5) is 5.69 Å². The summed E-state index contributed by atoms with van der Waals surface area (Å²) in [4.78, 5) is 27.3. The zero-order valence-electron chi connectivity index (χ0n) is 19.2. The lowest BCUT2D eigenvalue weighted by atomic mass is 9.96. The minimum atomic E-state index is -0.0723. The molecule has 172 valence electrons. The van der Waals surface area contributed by atoms with E-state index in [-0.39, 0.29) is 17.7 Å². The van der Waals surface area contributed by atoms with Gasteiger partial charge in [0.25, 0.3) is 0 Å². The normalized spacial score (nSPS) is 14.3. The van der Waals surface area contributed by atoms with E-state index in [9.17, 15) is 9.59 Å². The minimum Gasteiger partial charge on any atom is -0.342 e. The zero-order chi connectivity index (χ0) is 23.4. The summed E-state index contributed by atoms with van der Waals surface area (Å²) in [6.45, 7) is 7.23. The van der Waals surface area contributed by atoms with Crippen LogP contribution in [0.15, 0.2) is 53.7 Å². The molecular formula is C25H29N5O2S. The number of rotatable bonds is 6. The highest BCUT2D eigenvalue weighted by molar-refractivity contribution is 7.99. The molecule has 2 aromatic carbocycles. The van der Waals surface area contributed by atoms with Crippen molar-refractivity contribution in [3.8, 4) is 5.69 Å². The van der Waals surface area contributed by atoms with Gasteiger partial charge in [-0.25, -0.2) is 0 Å². The van der Waals surface area contributed by atoms with E-state index >= 15 is 0 Å². The van der Waals surface area contributed by atoms with Crippen molar-refractivity contribution < 1.29 is 9.59 Å². The van der Waals surface area contributed by atoms with Crippen LogP contribution in [0.2, 0.25) is 0 Å². The van der Waals surface area contributed by atoms with Crippen LogP contribution in [0.3, 0.4) is 0 Å². The number of thioether (sulfide) groups is 1. The monoisotopic (exact) mass is 463 g/mol. The fraction of sp³-hybridized carbons (Fsp3) is 0.360. The fourth-order valence-corrected chi connectivity index (χ4v) is 4.94. The van der Waals surface area contributed by atoms with Crippen molar-refractivity contribution in [2.45, 2.75) is 38.8 Å². The van der Waals surface area contributed by atoms with E-state index in [0.717, 1.165) is 28.3 Å². The number of hydrogen-bond acceptors (Lipinski definition) is 5. The Balaban J connectivity index is 1.33. The fourth-order valence-electron chi connectivity index (χ4n) is 4.05. The first-order chi connectivity index (χ1) is 15.9. The summed E-state index contributed by atoms with van der Waals surface area (Å²) < 4.78 is 2.01. The van der Waals surface area contributed by atoms with E-state index < -0.39 is 0 Å². The molecular weight excluding hydrogens is 434 g/mol. The summed E-state index contributed by atoms with van der Waals surface area (Å²) in [7, 11) is 0. The Hall–Kier alpha value is -3.13. The van der Waals surface area contributed by atoms with Gasteiger partial charge < -0.3 is 10.2 Å². The Bertz CT molecular complexity index is 1140. The van der Waals surface area contributed by atoms with Gasteiger partial charge >= 0.3 is 0 Å². The Labute approximate surface area is 198 Å². The van der Waals surface area contributed by atoms with Crippen LogP contribution < -0.4 is 5.32 Å². The molecule has 0 unspecified atom stereocenters. The second-order valence-corrected chi connectivity index (χ2v) is 9.40. The summed E-state index contributed by atoms with van der Waals surface area (Å²) in [5.74, 6) is 1.11. The second kappa shape index (κ2) is 10.2. The lowest BCUT2D eigenvalue weighted by Gasteiger charge is -2.31. The van der Waals surface area contributed by atoms with Gasteiger partial charge in [0.05, 0.1) is 11.4 Å². The number of piperidine rings is 1. The highest BCUT2D eigenvalue weighted by atomic mass is 32.2. The number of amides is 2. The Morgan fingerprint density at radius 3 is 2.48 bits per heavy atom. The van der Waals surface area contributed by atoms with Crippen molar-refractivity contribution in [2.24, 2.45) is 5.92 Å². The average Bonchev–Trinajstić information content (AvgIpc) is 3.19. The Morgan fingerprint density at radius 1 is 1.03 bits per heavy atom. The Morgan fingerprint density at radius 2 is 1.76 bits per heavy atom. The quantitative estimate of drug-likeness (QED) is 0.555. The molecule has 0 radical (unpaired) electrons. The van der Waals surface area contributed by atoms with Gasteiger partial charge in [0.15, 0.2) is 5.16 Å². The van der Waals surface area contributed by atoms with E-state index in [1.54, 1.807) is 0 Å². The molecule has 1 aliphatic heterocycles. The first-order valence-corrected chi connectivity index (χ1v) is 12.2. The molecule has 1 aliphatic rings. The lowest BCUT2D eigenvalue weighted by Crippen LogP contribution is -2.42. The SMILES string of the molecule is Cc1ccc(C)c(-n2c(C)nnc2SCC(=O)N2CCC(C(=O)Nc3ccccc3)CC2)c1. The van der Waals surface area contributed by atoms with Crippen molar-refractivity contribution >= 4 is 29.3 Å². The number of para-hydroxylation sites is 1. The highest BCUT2D eigenvalue weighted by Crippen LogP contribution is 2.26. The Kier molecular flexibility index (Phi) is 7.13.